The minimum absolute atomic E-state index is 0.0447. The molecule has 0 aromatic heterocycles. The van der Waals surface area contributed by atoms with E-state index in [0.29, 0.717) is 29.0 Å². The summed E-state index contributed by atoms with van der Waals surface area (Å²) in [5.74, 6) is -1.08. The van der Waals surface area contributed by atoms with Gasteiger partial charge in [-0.15, -0.1) is 13.2 Å². The summed E-state index contributed by atoms with van der Waals surface area (Å²) in [5, 5.41) is 2.95. The van der Waals surface area contributed by atoms with Crippen LogP contribution in [0.25, 0.3) is 0 Å². The Morgan fingerprint density at radius 2 is 1.74 bits per heavy atom. The molecule has 0 saturated carbocycles. The number of sulfonamides is 1. The predicted molar refractivity (Wildman–Crippen MR) is 122 cm³/mol. The maximum absolute atomic E-state index is 12.8. The van der Waals surface area contributed by atoms with Gasteiger partial charge in [0.1, 0.15) is 11.6 Å². The molecule has 1 atom stereocenters. The molecule has 9 nitrogen and oxygen atoms in total. The molecule has 0 fully saturated rings. The summed E-state index contributed by atoms with van der Waals surface area (Å²) < 4.78 is 68.6. The standard InChI is InChI=1S/C22H20F3N5O4S/c23-22(24,25)34-14-5-3-13(4-6-14)30-35(32,33)15-7-1-12(2-8-15)19-16(9-26)21(27)29-17-10-28-11-18(31)20(17)19/h1-9,19,28,30H,10-11,26H2,(H2,27,29)/b16-9-. The lowest BCUT2D eigenvalue weighted by molar-refractivity contribution is -0.274. The van der Waals surface area contributed by atoms with Crippen molar-refractivity contribution in [3.8, 4) is 5.75 Å². The highest BCUT2D eigenvalue weighted by atomic mass is 32.2. The number of aliphatic imine (C=N–C) groups is 1. The van der Waals surface area contributed by atoms with Gasteiger partial charge in [0.2, 0.25) is 0 Å². The van der Waals surface area contributed by atoms with E-state index in [1.54, 1.807) is 12.1 Å². The first kappa shape index (κ1) is 24.3. The minimum atomic E-state index is -4.86. The number of halogens is 3. The zero-order chi connectivity index (χ0) is 25.4. The molecule has 2 aliphatic heterocycles. The lowest BCUT2D eigenvalue weighted by atomic mass is 9.79. The van der Waals surface area contributed by atoms with Crippen LogP contribution in [-0.2, 0) is 14.8 Å². The lowest BCUT2D eigenvalue weighted by Crippen LogP contribution is -2.39. The number of benzene rings is 2. The maximum atomic E-state index is 12.8. The monoisotopic (exact) mass is 507 g/mol. The van der Waals surface area contributed by atoms with Gasteiger partial charge in [0.05, 0.1) is 17.1 Å². The number of hydrogen-bond donors (Lipinski definition) is 4. The Morgan fingerprint density at radius 1 is 1.09 bits per heavy atom. The lowest BCUT2D eigenvalue weighted by Gasteiger charge is -2.31. The molecule has 1 unspecified atom stereocenters. The van der Waals surface area contributed by atoms with E-state index in [1.165, 1.54) is 18.3 Å². The van der Waals surface area contributed by atoms with Crippen LogP contribution in [-0.4, -0.2) is 39.5 Å². The fourth-order valence-electron chi connectivity index (χ4n) is 3.89. The summed E-state index contributed by atoms with van der Waals surface area (Å²) in [6.07, 6.45) is -3.58. The third-order valence-electron chi connectivity index (χ3n) is 5.38. The summed E-state index contributed by atoms with van der Waals surface area (Å²) in [4.78, 5) is 16.8. The summed E-state index contributed by atoms with van der Waals surface area (Å²) >= 11 is 0. The molecule has 0 spiro atoms. The second kappa shape index (κ2) is 9.07. The molecule has 2 aromatic carbocycles. The van der Waals surface area contributed by atoms with Crippen LogP contribution < -0.4 is 26.2 Å². The number of carbonyl (C=O) groups excluding carboxylic acids is 1. The number of alkyl halides is 3. The summed E-state index contributed by atoms with van der Waals surface area (Å²) in [6.45, 7) is 0.491. The molecule has 2 aromatic rings. The number of amidine groups is 1. The van der Waals surface area contributed by atoms with Crippen molar-refractivity contribution in [2.75, 3.05) is 17.8 Å². The Labute approximate surface area is 198 Å². The second-order valence-electron chi connectivity index (χ2n) is 7.69. The number of nitrogens with one attached hydrogen (secondary N) is 2. The third-order valence-corrected chi connectivity index (χ3v) is 6.78. The molecule has 0 saturated heterocycles. The Kier molecular flexibility index (Phi) is 6.30. The first-order chi connectivity index (χ1) is 16.5. The van der Waals surface area contributed by atoms with Crippen LogP contribution in [0.5, 0.6) is 5.75 Å². The van der Waals surface area contributed by atoms with Crippen molar-refractivity contribution < 1.29 is 31.1 Å². The van der Waals surface area contributed by atoms with Gasteiger partial charge in [0.15, 0.2) is 5.78 Å². The van der Waals surface area contributed by atoms with E-state index in [2.05, 4.69) is 19.8 Å². The number of nitrogens with two attached hydrogens (primary N) is 2. The van der Waals surface area contributed by atoms with Crippen LogP contribution in [0.3, 0.4) is 0 Å². The number of anilines is 1. The number of carbonyl (C=O) groups is 1. The van der Waals surface area contributed by atoms with Crippen molar-refractivity contribution >= 4 is 27.3 Å². The predicted octanol–water partition coefficient (Wildman–Crippen LogP) is 2.11. The zero-order valence-electron chi connectivity index (χ0n) is 18.0. The highest BCUT2D eigenvalue weighted by molar-refractivity contribution is 7.92. The Morgan fingerprint density at radius 3 is 2.34 bits per heavy atom. The van der Waals surface area contributed by atoms with Crippen molar-refractivity contribution in [1.29, 1.82) is 0 Å². The van der Waals surface area contributed by atoms with Gasteiger partial charge in [-0.25, -0.2) is 13.4 Å². The van der Waals surface area contributed by atoms with E-state index >= 15 is 0 Å². The molecule has 2 heterocycles. The van der Waals surface area contributed by atoms with Gasteiger partial charge in [0, 0.05) is 35.5 Å². The minimum Gasteiger partial charge on any atom is -0.406 e. The molecule has 184 valence electrons. The van der Waals surface area contributed by atoms with E-state index in [4.69, 9.17) is 11.5 Å². The van der Waals surface area contributed by atoms with E-state index in [-0.39, 0.29) is 28.7 Å². The van der Waals surface area contributed by atoms with Gasteiger partial charge in [-0.2, -0.15) is 0 Å². The topological polar surface area (TPSA) is 149 Å². The second-order valence-corrected chi connectivity index (χ2v) is 9.37. The quantitative estimate of drug-likeness (QED) is 0.484. The highest BCUT2D eigenvalue weighted by Gasteiger charge is 2.36. The molecule has 2 aliphatic rings. The van der Waals surface area contributed by atoms with Gasteiger partial charge in [-0.3, -0.25) is 9.52 Å². The number of nitrogens with zero attached hydrogens (tertiary/aromatic N) is 1. The molecular weight excluding hydrogens is 487 g/mol. The van der Waals surface area contributed by atoms with Crippen LogP contribution in [0, 0.1) is 0 Å². The largest absolute Gasteiger partial charge is 0.573 e. The molecule has 0 radical (unpaired) electrons. The number of Topliss-reactive ketones (excluding diaryl/α,β-unsaturated/α-hetero) is 1. The Balaban J connectivity index is 1.59. The van der Waals surface area contributed by atoms with Crippen LogP contribution in [0.1, 0.15) is 11.5 Å². The van der Waals surface area contributed by atoms with Crippen LogP contribution in [0.15, 0.2) is 81.5 Å². The van der Waals surface area contributed by atoms with Gasteiger partial charge in [-0.05, 0) is 42.0 Å². The summed E-state index contributed by atoms with van der Waals surface area (Å²) in [7, 11) is -4.06. The molecule has 6 N–H and O–H groups in total. The van der Waals surface area contributed by atoms with E-state index in [0.717, 1.165) is 24.3 Å². The normalized spacial score (nSPS) is 19.9. The van der Waals surface area contributed by atoms with E-state index < -0.39 is 28.1 Å². The van der Waals surface area contributed by atoms with Gasteiger partial charge in [-0.1, -0.05) is 12.1 Å². The van der Waals surface area contributed by atoms with Crippen LogP contribution >= 0.6 is 0 Å². The number of hydrogen-bond acceptors (Lipinski definition) is 8. The number of ketones is 1. The van der Waals surface area contributed by atoms with Crippen molar-refractivity contribution in [3.63, 3.8) is 0 Å². The smallest absolute Gasteiger partial charge is 0.406 e. The average molecular weight is 507 g/mol. The molecule has 4 rings (SSSR count). The number of rotatable bonds is 5. The van der Waals surface area contributed by atoms with Gasteiger partial charge >= 0.3 is 6.36 Å². The van der Waals surface area contributed by atoms with E-state index in [9.17, 15) is 26.4 Å². The van der Waals surface area contributed by atoms with Gasteiger partial charge in [0.25, 0.3) is 10.0 Å². The average Bonchev–Trinajstić information content (AvgIpc) is 2.78. The van der Waals surface area contributed by atoms with E-state index in [1.807, 2.05) is 0 Å². The molecular formula is C22H20F3N5O4S. The van der Waals surface area contributed by atoms with Crippen LogP contribution in [0.4, 0.5) is 18.9 Å². The fraction of sp³-hybridized carbons (Fsp3) is 0.182. The van der Waals surface area contributed by atoms with Crippen molar-refractivity contribution in [2.24, 2.45) is 16.5 Å². The molecule has 13 heteroatoms. The fourth-order valence-corrected chi connectivity index (χ4v) is 4.95. The Hall–Kier alpha value is -3.84. The van der Waals surface area contributed by atoms with Crippen LogP contribution in [0.2, 0.25) is 0 Å². The molecule has 0 aliphatic carbocycles. The van der Waals surface area contributed by atoms with Crippen molar-refractivity contribution in [2.45, 2.75) is 17.2 Å². The highest BCUT2D eigenvalue weighted by Crippen LogP contribution is 2.39. The van der Waals surface area contributed by atoms with Crippen molar-refractivity contribution in [1.82, 2.24) is 5.32 Å². The first-order valence-corrected chi connectivity index (χ1v) is 11.7. The SMILES string of the molecule is N/C=C1\C(N)=NC2=C(C(=O)CNC2)C1c1ccc(S(=O)(=O)Nc2ccc(OC(F)(F)F)cc2)cc1. The van der Waals surface area contributed by atoms with Gasteiger partial charge < -0.3 is 21.5 Å². The first-order valence-electron chi connectivity index (χ1n) is 10.2. The zero-order valence-corrected chi connectivity index (χ0v) is 18.8. The van der Waals surface area contributed by atoms with Crippen molar-refractivity contribution in [3.05, 3.63) is 77.1 Å². The number of ether oxygens (including phenoxy) is 1. The Bertz CT molecular complexity index is 1350. The summed E-state index contributed by atoms with van der Waals surface area (Å²) in [5.41, 5.74) is 13.8. The third kappa shape index (κ3) is 5.15. The molecule has 0 amide bonds. The maximum Gasteiger partial charge on any atom is 0.573 e. The molecule has 0 bridgehead atoms. The summed E-state index contributed by atoms with van der Waals surface area (Å²) in [6, 6.07) is 10.1. The molecule has 35 heavy (non-hydrogen) atoms.